The van der Waals surface area contributed by atoms with Gasteiger partial charge in [0.1, 0.15) is 11.4 Å². The van der Waals surface area contributed by atoms with Gasteiger partial charge in [0.05, 0.1) is 5.75 Å². The number of ketones is 1. The fourth-order valence-electron chi connectivity index (χ4n) is 3.17. The van der Waals surface area contributed by atoms with Crippen LogP contribution in [0.4, 0.5) is 5.82 Å². The number of carbonyl (C=O) groups is 1. The molecule has 0 atom stereocenters. The molecule has 10 heteroatoms. The maximum absolute atomic E-state index is 12.9. The molecule has 1 aromatic carbocycles. The van der Waals surface area contributed by atoms with Crippen molar-refractivity contribution in [2.45, 2.75) is 38.5 Å². The maximum atomic E-state index is 12.9. The van der Waals surface area contributed by atoms with Crippen molar-refractivity contribution in [2.75, 3.05) is 11.5 Å². The summed E-state index contributed by atoms with van der Waals surface area (Å²) in [6.45, 7) is 4.81. The summed E-state index contributed by atoms with van der Waals surface area (Å²) in [6, 6.07) is 9.65. The van der Waals surface area contributed by atoms with Gasteiger partial charge in [0.25, 0.3) is 5.56 Å². The van der Waals surface area contributed by atoms with Crippen molar-refractivity contribution in [1.29, 1.82) is 0 Å². The number of hydrogen-bond acceptors (Lipinski definition) is 7. The molecular weight excluding hydrogens is 404 g/mol. The van der Waals surface area contributed by atoms with E-state index in [1.165, 1.54) is 23.4 Å². The highest BCUT2D eigenvalue weighted by Crippen LogP contribution is 2.24. The van der Waals surface area contributed by atoms with E-state index in [1.807, 2.05) is 48.7 Å². The Morgan fingerprint density at radius 2 is 1.80 bits per heavy atom. The van der Waals surface area contributed by atoms with Crippen LogP contribution in [0, 0.1) is 0 Å². The molecule has 158 valence electrons. The van der Waals surface area contributed by atoms with Crippen LogP contribution in [0.5, 0.6) is 0 Å². The number of nitrogen functional groups attached to an aromatic ring is 1. The average Bonchev–Trinajstić information content (AvgIpc) is 3.17. The Kier molecular flexibility index (Phi) is 6.56. The van der Waals surface area contributed by atoms with E-state index in [0.717, 1.165) is 10.1 Å². The number of benzene rings is 1. The average molecular weight is 429 g/mol. The van der Waals surface area contributed by atoms with Crippen molar-refractivity contribution in [2.24, 2.45) is 7.05 Å². The van der Waals surface area contributed by atoms with Crippen LogP contribution in [-0.2, 0) is 20.1 Å². The van der Waals surface area contributed by atoms with Crippen LogP contribution < -0.4 is 17.0 Å². The molecular formula is C20H24N6O3S. The first-order valence-electron chi connectivity index (χ1n) is 9.64. The second-order valence-corrected chi connectivity index (χ2v) is 7.63. The normalized spacial score (nSPS) is 11.0. The van der Waals surface area contributed by atoms with Gasteiger partial charge < -0.3 is 10.3 Å². The van der Waals surface area contributed by atoms with E-state index in [1.54, 1.807) is 0 Å². The van der Waals surface area contributed by atoms with Gasteiger partial charge in [-0.25, -0.2) is 4.79 Å². The molecule has 0 aliphatic rings. The third-order valence-corrected chi connectivity index (χ3v) is 5.67. The first-order chi connectivity index (χ1) is 14.4. The van der Waals surface area contributed by atoms with Crippen LogP contribution in [0.2, 0.25) is 0 Å². The highest BCUT2D eigenvalue weighted by Gasteiger charge is 2.22. The number of carbonyl (C=O) groups excluding carboxylic acids is 1. The van der Waals surface area contributed by atoms with Crippen LogP contribution >= 0.6 is 11.8 Å². The molecule has 0 aliphatic carbocycles. The molecule has 0 bridgehead atoms. The van der Waals surface area contributed by atoms with Crippen LogP contribution in [0.25, 0.3) is 11.4 Å². The van der Waals surface area contributed by atoms with Crippen molar-refractivity contribution in [3.8, 4) is 11.4 Å². The van der Waals surface area contributed by atoms with Crippen LogP contribution in [0.3, 0.4) is 0 Å². The molecule has 3 aromatic rings. The number of nitrogens with two attached hydrogens (primary N) is 1. The summed E-state index contributed by atoms with van der Waals surface area (Å²) in [5.41, 5.74) is 5.59. The van der Waals surface area contributed by atoms with Crippen LogP contribution in [-0.4, -0.2) is 35.4 Å². The summed E-state index contributed by atoms with van der Waals surface area (Å²) >= 11 is 1.19. The first kappa shape index (κ1) is 21.6. The summed E-state index contributed by atoms with van der Waals surface area (Å²) < 4.78 is 4.10. The number of rotatable bonds is 8. The topological polar surface area (TPSA) is 118 Å². The Bertz CT molecular complexity index is 1180. The fraction of sp³-hybridized carbons (Fsp3) is 0.350. The minimum atomic E-state index is -0.683. The van der Waals surface area contributed by atoms with Gasteiger partial charge in [0, 0.05) is 25.7 Å². The van der Waals surface area contributed by atoms with E-state index < -0.39 is 17.0 Å². The predicted molar refractivity (Wildman–Crippen MR) is 117 cm³/mol. The molecule has 0 unspecified atom stereocenters. The molecule has 2 N–H and O–H groups in total. The van der Waals surface area contributed by atoms with E-state index in [0.29, 0.717) is 30.5 Å². The lowest BCUT2D eigenvalue weighted by atomic mass is 10.2. The number of aromatic nitrogens is 5. The largest absolute Gasteiger partial charge is 0.384 e. The molecule has 0 radical (unpaired) electrons. The highest BCUT2D eigenvalue weighted by atomic mass is 32.2. The van der Waals surface area contributed by atoms with Gasteiger partial charge in [-0.3, -0.25) is 18.7 Å². The zero-order chi connectivity index (χ0) is 21.8. The Hall–Kier alpha value is -3.14. The fourth-order valence-corrected chi connectivity index (χ4v) is 4.04. The molecule has 30 heavy (non-hydrogen) atoms. The number of anilines is 1. The van der Waals surface area contributed by atoms with E-state index in [2.05, 4.69) is 10.2 Å². The maximum Gasteiger partial charge on any atom is 0.332 e. The zero-order valence-corrected chi connectivity index (χ0v) is 18.0. The molecule has 2 heterocycles. The zero-order valence-electron chi connectivity index (χ0n) is 17.2. The quantitative estimate of drug-likeness (QED) is 0.429. The van der Waals surface area contributed by atoms with Gasteiger partial charge in [-0.1, -0.05) is 49.0 Å². The molecule has 0 amide bonds. The molecule has 0 saturated heterocycles. The van der Waals surface area contributed by atoms with Crippen LogP contribution in [0.1, 0.15) is 30.6 Å². The van der Waals surface area contributed by atoms with E-state index >= 15 is 0 Å². The van der Waals surface area contributed by atoms with Gasteiger partial charge in [0.15, 0.2) is 16.8 Å². The van der Waals surface area contributed by atoms with E-state index in [4.69, 9.17) is 5.73 Å². The predicted octanol–water partition coefficient (Wildman–Crippen LogP) is 1.79. The number of nitrogens with zero attached hydrogens (tertiary/aromatic N) is 5. The van der Waals surface area contributed by atoms with E-state index in [-0.39, 0.29) is 17.1 Å². The third-order valence-electron chi connectivity index (χ3n) is 4.71. The molecule has 0 saturated carbocycles. The highest BCUT2D eigenvalue weighted by molar-refractivity contribution is 7.99. The SMILES string of the molecule is CCCn1c(N)c(C(=O)CSc2nnc(-c3ccccc3)n2CC)c(=O)n(C)c1=O. The van der Waals surface area contributed by atoms with Crippen molar-refractivity contribution in [3.05, 3.63) is 56.7 Å². The molecule has 0 fully saturated rings. The summed E-state index contributed by atoms with van der Waals surface area (Å²) in [6.07, 6.45) is 0.645. The van der Waals surface area contributed by atoms with Gasteiger partial charge >= 0.3 is 5.69 Å². The van der Waals surface area contributed by atoms with Crippen molar-refractivity contribution in [1.82, 2.24) is 23.9 Å². The molecule has 0 spiro atoms. The first-order valence-corrected chi connectivity index (χ1v) is 10.6. The van der Waals surface area contributed by atoms with Crippen molar-refractivity contribution < 1.29 is 4.79 Å². The smallest absolute Gasteiger partial charge is 0.332 e. The molecule has 2 aromatic heterocycles. The summed E-state index contributed by atoms with van der Waals surface area (Å²) in [7, 11) is 1.35. The summed E-state index contributed by atoms with van der Waals surface area (Å²) in [5.74, 6) is 0.128. The standard InChI is InChI=1S/C20H24N6O3S/c1-4-11-26-16(21)15(18(28)24(3)20(26)29)14(27)12-30-19-23-22-17(25(19)5-2)13-9-7-6-8-10-13/h6-10H,4-5,11-12,21H2,1-3H3. The van der Waals surface area contributed by atoms with E-state index in [9.17, 15) is 14.4 Å². The minimum absolute atomic E-state index is 0.0449. The van der Waals surface area contributed by atoms with Gasteiger partial charge in [0.2, 0.25) is 0 Å². The second kappa shape index (κ2) is 9.12. The Labute approximate surface area is 177 Å². The number of hydrogen-bond donors (Lipinski definition) is 1. The van der Waals surface area contributed by atoms with Crippen LogP contribution in [0.15, 0.2) is 45.1 Å². The summed E-state index contributed by atoms with van der Waals surface area (Å²) in [5, 5.41) is 9.03. The lowest BCUT2D eigenvalue weighted by Crippen LogP contribution is -2.42. The number of thioether (sulfide) groups is 1. The Morgan fingerprint density at radius 1 is 1.10 bits per heavy atom. The number of Topliss-reactive ketones (excluding diaryl/α,β-unsaturated/α-hetero) is 1. The van der Waals surface area contributed by atoms with Gasteiger partial charge in [-0.05, 0) is 13.3 Å². The third kappa shape index (κ3) is 3.95. The Morgan fingerprint density at radius 3 is 2.43 bits per heavy atom. The van der Waals surface area contributed by atoms with Gasteiger partial charge in [-0.2, -0.15) is 0 Å². The Balaban J connectivity index is 1.90. The van der Waals surface area contributed by atoms with Crippen molar-refractivity contribution >= 4 is 23.4 Å². The van der Waals surface area contributed by atoms with Gasteiger partial charge in [-0.15, -0.1) is 10.2 Å². The lowest BCUT2D eigenvalue weighted by Gasteiger charge is -2.13. The molecule has 3 rings (SSSR count). The monoisotopic (exact) mass is 428 g/mol. The minimum Gasteiger partial charge on any atom is -0.384 e. The molecule has 9 nitrogen and oxygen atoms in total. The second-order valence-electron chi connectivity index (χ2n) is 6.69. The van der Waals surface area contributed by atoms with Crippen molar-refractivity contribution in [3.63, 3.8) is 0 Å². The lowest BCUT2D eigenvalue weighted by molar-refractivity contribution is 0.102. The summed E-state index contributed by atoms with van der Waals surface area (Å²) in [4.78, 5) is 37.7. The molecule has 0 aliphatic heterocycles.